The summed E-state index contributed by atoms with van der Waals surface area (Å²) in [4.78, 5) is 4.79. The molecular weight excluding hydrogens is 366 g/mol. The van der Waals surface area contributed by atoms with E-state index in [2.05, 4.69) is 29.7 Å². The summed E-state index contributed by atoms with van der Waals surface area (Å²) < 4.78 is 16.2. The highest BCUT2D eigenvalue weighted by atomic mass is 16.5. The third-order valence-corrected chi connectivity index (χ3v) is 5.56. The predicted octanol–water partition coefficient (Wildman–Crippen LogP) is 3.75. The Morgan fingerprint density at radius 2 is 1.86 bits per heavy atom. The van der Waals surface area contributed by atoms with Gasteiger partial charge in [0, 0.05) is 46.9 Å². The van der Waals surface area contributed by atoms with Crippen molar-refractivity contribution < 1.29 is 14.2 Å². The van der Waals surface area contributed by atoms with Crippen molar-refractivity contribution in [2.75, 3.05) is 47.1 Å². The van der Waals surface area contributed by atoms with Crippen LogP contribution in [0.3, 0.4) is 0 Å². The predicted molar refractivity (Wildman–Crippen MR) is 119 cm³/mol. The minimum atomic E-state index is 0.335. The maximum absolute atomic E-state index is 5.80. The Labute approximate surface area is 176 Å². The number of nitrogens with zero attached hydrogens (tertiary/aromatic N) is 1. The molecule has 0 heterocycles. The molecule has 6 heteroatoms. The van der Waals surface area contributed by atoms with Crippen molar-refractivity contribution in [2.45, 2.75) is 52.0 Å². The van der Waals surface area contributed by atoms with Crippen molar-refractivity contribution in [2.24, 2.45) is 10.4 Å². The average molecular weight is 406 g/mol. The first-order valence-electron chi connectivity index (χ1n) is 10.9. The molecule has 0 bridgehead atoms. The van der Waals surface area contributed by atoms with E-state index in [0.717, 1.165) is 49.8 Å². The van der Waals surface area contributed by atoms with Crippen molar-refractivity contribution in [3.05, 3.63) is 29.8 Å². The molecule has 0 aliphatic heterocycles. The largest absolute Gasteiger partial charge is 0.493 e. The number of rotatable bonds is 13. The smallest absolute Gasteiger partial charge is 0.191 e. The molecule has 0 aromatic heterocycles. The van der Waals surface area contributed by atoms with Crippen LogP contribution in [0.25, 0.3) is 0 Å². The second-order valence-corrected chi connectivity index (χ2v) is 7.84. The van der Waals surface area contributed by atoms with E-state index in [1.54, 1.807) is 14.2 Å². The second-order valence-electron chi connectivity index (χ2n) is 7.84. The Morgan fingerprint density at radius 3 is 2.59 bits per heavy atom. The van der Waals surface area contributed by atoms with Crippen LogP contribution in [0.5, 0.6) is 5.75 Å². The van der Waals surface area contributed by atoms with Gasteiger partial charge in [0.05, 0.1) is 13.2 Å². The Balaban J connectivity index is 1.91. The van der Waals surface area contributed by atoms with Gasteiger partial charge in [-0.3, -0.25) is 0 Å². The van der Waals surface area contributed by atoms with Crippen molar-refractivity contribution in [1.82, 2.24) is 10.6 Å². The summed E-state index contributed by atoms with van der Waals surface area (Å²) in [6.45, 7) is 6.72. The summed E-state index contributed by atoms with van der Waals surface area (Å²) in [5.74, 6) is 1.76. The van der Waals surface area contributed by atoms with E-state index in [1.807, 2.05) is 12.1 Å². The monoisotopic (exact) mass is 405 g/mol. The van der Waals surface area contributed by atoms with Crippen LogP contribution >= 0.6 is 0 Å². The molecule has 0 unspecified atom stereocenters. The van der Waals surface area contributed by atoms with Gasteiger partial charge >= 0.3 is 0 Å². The van der Waals surface area contributed by atoms with Crippen LogP contribution < -0.4 is 15.4 Å². The topological polar surface area (TPSA) is 64.1 Å². The van der Waals surface area contributed by atoms with Crippen molar-refractivity contribution in [3.8, 4) is 5.75 Å². The van der Waals surface area contributed by atoms with Crippen molar-refractivity contribution in [1.29, 1.82) is 0 Å². The Bertz CT molecular complexity index is 601. The van der Waals surface area contributed by atoms with E-state index in [4.69, 9.17) is 19.2 Å². The molecule has 0 atom stereocenters. The number of hydrogen-bond donors (Lipinski definition) is 2. The number of nitrogens with one attached hydrogen (secondary N) is 2. The minimum Gasteiger partial charge on any atom is -0.493 e. The van der Waals surface area contributed by atoms with Crippen LogP contribution in [0.2, 0.25) is 0 Å². The van der Waals surface area contributed by atoms with E-state index in [0.29, 0.717) is 25.2 Å². The van der Waals surface area contributed by atoms with Gasteiger partial charge in [0.2, 0.25) is 0 Å². The van der Waals surface area contributed by atoms with Crippen LogP contribution in [-0.4, -0.2) is 53.1 Å². The first-order chi connectivity index (χ1) is 14.2. The summed E-state index contributed by atoms with van der Waals surface area (Å²) >= 11 is 0. The van der Waals surface area contributed by atoms with E-state index >= 15 is 0 Å². The van der Waals surface area contributed by atoms with Crippen molar-refractivity contribution >= 4 is 5.96 Å². The zero-order chi connectivity index (χ0) is 20.8. The molecule has 1 saturated carbocycles. The molecule has 1 aromatic rings. The van der Waals surface area contributed by atoms with Gasteiger partial charge in [0.1, 0.15) is 5.75 Å². The molecule has 29 heavy (non-hydrogen) atoms. The lowest BCUT2D eigenvalue weighted by Crippen LogP contribution is -2.43. The van der Waals surface area contributed by atoms with E-state index in [9.17, 15) is 0 Å². The van der Waals surface area contributed by atoms with Gasteiger partial charge in [0.25, 0.3) is 0 Å². The zero-order valence-electron chi connectivity index (χ0n) is 18.5. The van der Waals surface area contributed by atoms with Gasteiger partial charge in [-0.1, -0.05) is 25.0 Å². The maximum atomic E-state index is 5.80. The van der Waals surface area contributed by atoms with Gasteiger partial charge in [-0.05, 0) is 49.3 Å². The highest BCUT2D eigenvalue weighted by Gasteiger charge is 2.33. The highest BCUT2D eigenvalue weighted by Crippen LogP contribution is 2.40. The summed E-state index contributed by atoms with van der Waals surface area (Å²) in [5, 5.41) is 6.96. The molecule has 6 nitrogen and oxygen atoms in total. The molecule has 1 fully saturated rings. The van der Waals surface area contributed by atoms with Gasteiger partial charge in [-0.15, -0.1) is 0 Å². The van der Waals surface area contributed by atoms with Crippen LogP contribution in [0.4, 0.5) is 0 Å². The lowest BCUT2D eigenvalue weighted by Gasteiger charge is -2.30. The number of guanidine groups is 1. The number of benzene rings is 1. The zero-order valence-corrected chi connectivity index (χ0v) is 18.5. The summed E-state index contributed by atoms with van der Waals surface area (Å²) in [7, 11) is 3.50. The fourth-order valence-electron chi connectivity index (χ4n) is 3.87. The summed E-state index contributed by atoms with van der Waals surface area (Å²) in [6.07, 6.45) is 7.17. The fourth-order valence-corrected chi connectivity index (χ4v) is 3.87. The summed E-state index contributed by atoms with van der Waals surface area (Å²) in [5.41, 5.74) is 1.48. The number of hydrogen-bond acceptors (Lipinski definition) is 4. The Morgan fingerprint density at radius 1 is 1.07 bits per heavy atom. The second kappa shape index (κ2) is 13.4. The SMILES string of the molecule is CCNC(=NCc1cccc(OCCCOC)c1)NCC1(CCOC)CCCC1. The normalized spacial score (nSPS) is 16.0. The van der Waals surface area contributed by atoms with E-state index in [-0.39, 0.29) is 0 Å². The lowest BCUT2D eigenvalue weighted by molar-refractivity contribution is 0.138. The van der Waals surface area contributed by atoms with Crippen LogP contribution in [0.1, 0.15) is 51.0 Å². The molecule has 0 amide bonds. The molecule has 164 valence electrons. The van der Waals surface area contributed by atoms with Gasteiger partial charge in [-0.25, -0.2) is 4.99 Å². The lowest BCUT2D eigenvalue weighted by atomic mass is 9.83. The third-order valence-electron chi connectivity index (χ3n) is 5.56. The first-order valence-corrected chi connectivity index (χ1v) is 10.9. The van der Waals surface area contributed by atoms with Crippen LogP contribution in [-0.2, 0) is 16.0 Å². The molecule has 1 aliphatic carbocycles. The molecule has 0 spiro atoms. The molecule has 1 aliphatic rings. The Hall–Kier alpha value is -1.79. The van der Waals surface area contributed by atoms with Crippen LogP contribution in [0, 0.1) is 5.41 Å². The Kier molecular flexibility index (Phi) is 10.9. The van der Waals surface area contributed by atoms with Gasteiger partial charge in [-0.2, -0.15) is 0 Å². The highest BCUT2D eigenvalue weighted by molar-refractivity contribution is 5.79. The van der Waals surface area contributed by atoms with E-state index < -0.39 is 0 Å². The van der Waals surface area contributed by atoms with Gasteiger partial charge < -0.3 is 24.8 Å². The number of aliphatic imine (C=N–C) groups is 1. The maximum Gasteiger partial charge on any atom is 0.191 e. The standard InChI is InChI=1S/C23H39N3O3/c1-4-24-22(26-19-23(13-16-28-3)11-5-6-12-23)25-18-20-9-7-10-21(17-20)29-15-8-14-27-2/h7,9-10,17H,4-6,8,11-16,18-19H2,1-3H3,(H2,24,25,26). The molecule has 0 saturated heterocycles. The van der Waals surface area contributed by atoms with Crippen molar-refractivity contribution in [3.63, 3.8) is 0 Å². The van der Waals surface area contributed by atoms with Crippen LogP contribution in [0.15, 0.2) is 29.3 Å². The average Bonchev–Trinajstić information content (AvgIpc) is 3.21. The molecule has 2 N–H and O–H groups in total. The summed E-state index contributed by atoms with van der Waals surface area (Å²) in [6, 6.07) is 8.17. The number of methoxy groups -OCH3 is 2. The van der Waals surface area contributed by atoms with Gasteiger partial charge in [0.15, 0.2) is 5.96 Å². The molecule has 0 radical (unpaired) electrons. The molecular formula is C23H39N3O3. The molecule has 1 aromatic carbocycles. The fraction of sp³-hybridized carbons (Fsp3) is 0.696. The third kappa shape index (κ3) is 8.62. The first kappa shape index (κ1) is 23.5. The quantitative estimate of drug-likeness (QED) is 0.297. The minimum absolute atomic E-state index is 0.335. The molecule has 2 rings (SSSR count). The van der Waals surface area contributed by atoms with E-state index in [1.165, 1.54) is 25.7 Å². The number of ether oxygens (including phenoxy) is 3.